The van der Waals surface area contributed by atoms with Crippen LogP contribution in [0.1, 0.15) is 18.5 Å². The molecule has 2 aromatic carbocycles. The van der Waals surface area contributed by atoms with Crippen molar-refractivity contribution in [3.63, 3.8) is 0 Å². The Labute approximate surface area is 180 Å². The Balaban J connectivity index is 2.02. The van der Waals surface area contributed by atoms with E-state index in [1.807, 2.05) is 0 Å². The lowest BCUT2D eigenvalue weighted by Crippen LogP contribution is -2.46. The van der Waals surface area contributed by atoms with Crippen molar-refractivity contribution in [1.82, 2.24) is 10.6 Å². The van der Waals surface area contributed by atoms with Crippen LogP contribution in [-0.2, 0) is 4.79 Å². The number of carbonyl (C=O) groups excluding carboxylic acids is 2. The second-order valence-electron chi connectivity index (χ2n) is 6.70. The Hall–Kier alpha value is -3.88. The maximum Gasteiger partial charge on any atom is 0.319 e. The highest BCUT2D eigenvalue weighted by Gasteiger charge is 2.33. The highest BCUT2D eigenvalue weighted by molar-refractivity contribution is 6.07. The third-order valence-corrected chi connectivity index (χ3v) is 4.92. The first-order chi connectivity index (χ1) is 14.9. The van der Waals surface area contributed by atoms with E-state index in [0.29, 0.717) is 45.5 Å². The number of carbonyl (C=O) groups is 2. The van der Waals surface area contributed by atoms with Gasteiger partial charge in [0.2, 0.25) is 0 Å². The van der Waals surface area contributed by atoms with Crippen molar-refractivity contribution in [3.05, 3.63) is 53.2 Å². The molecule has 3 N–H and O–H groups in total. The van der Waals surface area contributed by atoms with Crippen LogP contribution in [0.2, 0.25) is 0 Å². The second-order valence-corrected chi connectivity index (χ2v) is 6.70. The van der Waals surface area contributed by atoms with Crippen LogP contribution in [0.5, 0.6) is 23.0 Å². The van der Waals surface area contributed by atoms with Gasteiger partial charge in [-0.25, -0.2) is 4.79 Å². The molecule has 0 saturated carbocycles. The largest absolute Gasteiger partial charge is 0.497 e. The molecule has 0 fully saturated rings. The summed E-state index contributed by atoms with van der Waals surface area (Å²) in [6.07, 6.45) is 0. The molecule has 9 heteroatoms. The number of hydrogen-bond acceptors (Lipinski definition) is 6. The van der Waals surface area contributed by atoms with Gasteiger partial charge in [-0.05, 0) is 31.2 Å². The molecule has 1 aliphatic rings. The minimum Gasteiger partial charge on any atom is -0.497 e. The van der Waals surface area contributed by atoms with Crippen molar-refractivity contribution in [3.8, 4) is 23.0 Å². The van der Waals surface area contributed by atoms with Crippen LogP contribution in [0.3, 0.4) is 0 Å². The number of urea groups is 1. The predicted molar refractivity (Wildman–Crippen MR) is 115 cm³/mol. The number of nitrogens with one attached hydrogen (secondary N) is 3. The van der Waals surface area contributed by atoms with Gasteiger partial charge in [-0.2, -0.15) is 0 Å². The van der Waals surface area contributed by atoms with Gasteiger partial charge in [-0.15, -0.1) is 0 Å². The molecule has 1 aliphatic heterocycles. The fourth-order valence-corrected chi connectivity index (χ4v) is 3.39. The van der Waals surface area contributed by atoms with Gasteiger partial charge in [0.15, 0.2) is 0 Å². The van der Waals surface area contributed by atoms with Crippen LogP contribution >= 0.6 is 0 Å². The summed E-state index contributed by atoms with van der Waals surface area (Å²) >= 11 is 0. The van der Waals surface area contributed by atoms with Crippen LogP contribution in [0, 0.1) is 0 Å². The van der Waals surface area contributed by atoms with E-state index >= 15 is 0 Å². The van der Waals surface area contributed by atoms with E-state index < -0.39 is 18.0 Å². The molecule has 164 valence electrons. The fraction of sp³-hybridized carbons (Fsp3) is 0.273. The first-order valence-corrected chi connectivity index (χ1v) is 9.45. The molecule has 0 bridgehead atoms. The smallest absolute Gasteiger partial charge is 0.319 e. The molecule has 0 saturated heterocycles. The molecule has 9 nitrogen and oxygen atoms in total. The molecule has 0 aromatic heterocycles. The van der Waals surface area contributed by atoms with E-state index in [4.69, 9.17) is 18.9 Å². The van der Waals surface area contributed by atoms with Crippen LogP contribution in [0.4, 0.5) is 10.5 Å². The molecule has 2 aromatic rings. The van der Waals surface area contributed by atoms with Gasteiger partial charge < -0.3 is 34.9 Å². The lowest BCUT2D eigenvalue weighted by molar-refractivity contribution is -0.113. The topological polar surface area (TPSA) is 107 Å². The van der Waals surface area contributed by atoms with E-state index in [1.165, 1.54) is 21.3 Å². The number of anilines is 1. The van der Waals surface area contributed by atoms with Gasteiger partial charge >= 0.3 is 6.03 Å². The Morgan fingerprint density at radius 2 is 1.55 bits per heavy atom. The highest BCUT2D eigenvalue weighted by Crippen LogP contribution is 2.36. The lowest BCUT2D eigenvalue weighted by atomic mass is 9.94. The standard InChI is InChI=1S/C22H25N3O6/c1-12-19(21(26)24-16-10-13(28-2)7-9-17(16)30-4)20(25-22(27)23-12)15-8-6-14(29-3)11-18(15)31-5/h6-11,20H,1-5H3,(H,24,26)(H2,23,25,27)/t20-/m1/s1. The van der Waals surface area contributed by atoms with E-state index in [-0.39, 0.29) is 0 Å². The van der Waals surface area contributed by atoms with Crippen LogP contribution in [0.15, 0.2) is 47.7 Å². The molecule has 0 unspecified atom stereocenters. The summed E-state index contributed by atoms with van der Waals surface area (Å²) in [4.78, 5) is 25.5. The van der Waals surface area contributed by atoms with Crippen LogP contribution in [0.25, 0.3) is 0 Å². The van der Waals surface area contributed by atoms with Crippen molar-refractivity contribution in [2.75, 3.05) is 33.8 Å². The third-order valence-electron chi connectivity index (χ3n) is 4.92. The average Bonchev–Trinajstić information content (AvgIpc) is 2.77. The third kappa shape index (κ3) is 4.50. The molecule has 1 atom stereocenters. The van der Waals surface area contributed by atoms with E-state index in [9.17, 15) is 9.59 Å². The monoisotopic (exact) mass is 427 g/mol. The zero-order chi connectivity index (χ0) is 22.5. The Morgan fingerprint density at radius 1 is 0.903 bits per heavy atom. The summed E-state index contributed by atoms with van der Waals surface area (Å²) in [7, 11) is 6.10. The lowest BCUT2D eigenvalue weighted by Gasteiger charge is -2.29. The number of rotatable bonds is 7. The molecule has 0 spiro atoms. The summed E-state index contributed by atoms with van der Waals surface area (Å²) in [5.74, 6) is 1.68. The van der Waals surface area contributed by atoms with Gasteiger partial charge in [0, 0.05) is 23.4 Å². The van der Waals surface area contributed by atoms with E-state index in [0.717, 1.165) is 0 Å². The minimum absolute atomic E-state index is 0.327. The molecule has 0 aliphatic carbocycles. The predicted octanol–water partition coefficient (Wildman–Crippen LogP) is 2.99. The summed E-state index contributed by atoms with van der Waals surface area (Å²) in [5.41, 5.74) is 1.80. The van der Waals surface area contributed by atoms with Gasteiger partial charge in [-0.1, -0.05) is 0 Å². The first kappa shape index (κ1) is 21.8. The number of benzene rings is 2. The number of allylic oxidation sites excluding steroid dienone is 1. The van der Waals surface area contributed by atoms with Crippen LogP contribution in [-0.4, -0.2) is 40.4 Å². The molecule has 3 amide bonds. The quantitative estimate of drug-likeness (QED) is 0.627. The van der Waals surface area contributed by atoms with E-state index in [1.54, 1.807) is 50.4 Å². The summed E-state index contributed by atoms with van der Waals surface area (Å²) in [5, 5.41) is 8.30. The maximum absolute atomic E-state index is 13.3. The highest BCUT2D eigenvalue weighted by atomic mass is 16.5. The van der Waals surface area contributed by atoms with Crippen molar-refractivity contribution in [2.24, 2.45) is 0 Å². The molecule has 0 radical (unpaired) electrons. The first-order valence-electron chi connectivity index (χ1n) is 9.45. The van der Waals surface area contributed by atoms with E-state index in [2.05, 4.69) is 16.0 Å². The molecular weight excluding hydrogens is 402 g/mol. The SMILES string of the molecule is COc1ccc(OC)c(NC(=O)C2=C(C)NC(=O)N[C@@H]2c2ccc(OC)cc2OC)c1. The molecule has 31 heavy (non-hydrogen) atoms. The number of hydrogen-bond donors (Lipinski definition) is 3. The van der Waals surface area contributed by atoms with Crippen molar-refractivity contribution in [2.45, 2.75) is 13.0 Å². The number of methoxy groups -OCH3 is 4. The minimum atomic E-state index is -0.744. The maximum atomic E-state index is 13.3. The zero-order valence-electron chi connectivity index (χ0n) is 18.0. The van der Waals surface area contributed by atoms with Gasteiger partial charge in [0.25, 0.3) is 5.91 Å². The second kappa shape index (κ2) is 9.29. The Morgan fingerprint density at radius 3 is 2.19 bits per heavy atom. The van der Waals surface area contributed by atoms with Gasteiger partial charge in [-0.3, -0.25) is 4.79 Å². The summed E-state index contributed by atoms with van der Waals surface area (Å²) in [6.45, 7) is 1.67. The van der Waals surface area contributed by atoms with Crippen molar-refractivity contribution < 1.29 is 28.5 Å². The molecule has 1 heterocycles. The summed E-state index contributed by atoms with van der Waals surface area (Å²) < 4.78 is 21.3. The fourth-order valence-electron chi connectivity index (χ4n) is 3.39. The van der Waals surface area contributed by atoms with Gasteiger partial charge in [0.05, 0.1) is 45.7 Å². The normalized spacial score (nSPS) is 15.5. The van der Waals surface area contributed by atoms with Crippen molar-refractivity contribution >= 4 is 17.6 Å². The molecular formula is C22H25N3O6. The Kier molecular flexibility index (Phi) is 6.54. The number of ether oxygens (including phenoxy) is 4. The summed E-state index contributed by atoms with van der Waals surface area (Å²) in [6, 6.07) is 9.10. The Bertz CT molecular complexity index is 1030. The van der Waals surface area contributed by atoms with Crippen LogP contribution < -0.4 is 34.9 Å². The molecule has 3 rings (SSSR count). The van der Waals surface area contributed by atoms with Gasteiger partial charge in [0.1, 0.15) is 23.0 Å². The zero-order valence-corrected chi connectivity index (χ0v) is 18.0. The average molecular weight is 427 g/mol. The van der Waals surface area contributed by atoms with Crippen molar-refractivity contribution in [1.29, 1.82) is 0 Å². The number of amides is 3.